The Labute approximate surface area is 128 Å². The molecule has 0 N–H and O–H groups in total. The van der Waals surface area contributed by atoms with Gasteiger partial charge in [-0.2, -0.15) is 0 Å². The molecule has 4 heteroatoms. The zero-order chi connectivity index (χ0) is 14.4. The maximum atomic E-state index is 5.31. The molecule has 0 saturated heterocycles. The summed E-state index contributed by atoms with van der Waals surface area (Å²) in [6.07, 6.45) is 3.32. The smallest absolute Gasteiger partial charge is 0.0727 e. The molecule has 0 radical (unpaired) electrons. The van der Waals surface area contributed by atoms with E-state index in [1.807, 2.05) is 0 Å². The van der Waals surface area contributed by atoms with E-state index >= 15 is 0 Å². The lowest BCUT2D eigenvalue weighted by Gasteiger charge is -2.10. The number of thiophene rings is 2. The van der Waals surface area contributed by atoms with Gasteiger partial charge in [0.15, 0.2) is 0 Å². The highest BCUT2D eigenvalue weighted by Gasteiger charge is 2.15. The van der Waals surface area contributed by atoms with Crippen molar-refractivity contribution < 1.29 is 9.47 Å². The van der Waals surface area contributed by atoms with Gasteiger partial charge < -0.3 is 9.47 Å². The summed E-state index contributed by atoms with van der Waals surface area (Å²) in [4.78, 5) is 2.63. The number of allylic oxidation sites excluding steroid dienone is 1. The predicted molar refractivity (Wildman–Crippen MR) is 87.4 cm³/mol. The second-order valence-electron chi connectivity index (χ2n) is 4.44. The predicted octanol–water partition coefficient (Wildman–Crippen LogP) is 4.94. The van der Waals surface area contributed by atoms with Gasteiger partial charge in [0, 0.05) is 29.5 Å². The summed E-state index contributed by atoms with van der Waals surface area (Å²) >= 11 is 3.56. The Bertz CT molecular complexity index is 520. The van der Waals surface area contributed by atoms with E-state index in [0.29, 0.717) is 13.2 Å². The van der Waals surface area contributed by atoms with Crippen LogP contribution in [-0.2, 0) is 22.7 Å². The van der Waals surface area contributed by atoms with Gasteiger partial charge in [-0.25, -0.2) is 0 Å². The minimum absolute atomic E-state index is 0.658. The second kappa shape index (κ2) is 7.74. The monoisotopic (exact) mass is 308 g/mol. The van der Waals surface area contributed by atoms with Crippen LogP contribution < -0.4 is 0 Å². The summed E-state index contributed by atoms with van der Waals surface area (Å²) in [5.41, 5.74) is 3.83. The summed E-state index contributed by atoms with van der Waals surface area (Å²) < 4.78 is 10.6. The van der Waals surface area contributed by atoms with Crippen LogP contribution in [0.5, 0.6) is 0 Å². The maximum Gasteiger partial charge on any atom is 0.0727 e. The van der Waals surface area contributed by atoms with Crippen LogP contribution in [0.15, 0.2) is 29.0 Å². The highest BCUT2D eigenvalue weighted by Crippen LogP contribution is 2.36. The number of rotatable bonds is 7. The zero-order valence-electron chi connectivity index (χ0n) is 12.1. The quantitative estimate of drug-likeness (QED) is 0.721. The van der Waals surface area contributed by atoms with E-state index < -0.39 is 0 Å². The third kappa shape index (κ3) is 3.38. The van der Waals surface area contributed by atoms with Gasteiger partial charge in [0.25, 0.3) is 0 Å². The standard InChI is InChI=1S/C16H20O2S2/c1-4-5-14(15-12(10-17-2)6-8-19-15)16-13(11-18-3)7-9-20-16/h5-9H,4,10-11H2,1-3H3. The maximum absolute atomic E-state index is 5.31. The van der Waals surface area contributed by atoms with Gasteiger partial charge in [0.1, 0.15) is 0 Å². The molecule has 0 spiro atoms. The molecule has 0 bridgehead atoms. The van der Waals surface area contributed by atoms with E-state index in [1.54, 1.807) is 36.9 Å². The molecular formula is C16H20O2S2. The molecule has 0 aliphatic rings. The average molecular weight is 308 g/mol. The molecular weight excluding hydrogens is 288 g/mol. The van der Waals surface area contributed by atoms with Gasteiger partial charge in [-0.15, -0.1) is 22.7 Å². The van der Waals surface area contributed by atoms with Crippen molar-refractivity contribution in [2.75, 3.05) is 14.2 Å². The van der Waals surface area contributed by atoms with Crippen molar-refractivity contribution in [3.8, 4) is 0 Å². The molecule has 2 aromatic heterocycles. The molecule has 2 rings (SSSR count). The molecule has 0 fully saturated rings. The van der Waals surface area contributed by atoms with E-state index in [1.165, 1.54) is 26.5 Å². The van der Waals surface area contributed by atoms with Gasteiger partial charge in [-0.3, -0.25) is 0 Å². The highest BCUT2D eigenvalue weighted by molar-refractivity contribution is 7.14. The number of hydrogen-bond donors (Lipinski definition) is 0. The topological polar surface area (TPSA) is 18.5 Å². The fourth-order valence-electron chi connectivity index (χ4n) is 2.18. The molecule has 108 valence electrons. The highest BCUT2D eigenvalue weighted by atomic mass is 32.1. The lowest BCUT2D eigenvalue weighted by atomic mass is 10.0. The molecule has 0 aromatic carbocycles. The summed E-state index contributed by atoms with van der Waals surface area (Å²) in [7, 11) is 3.48. The molecule has 2 heterocycles. The van der Waals surface area contributed by atoms with E-state index in [-0.39, 0.29) is 0 Å². The Morgan fingerprint density at radius 2 is 1.50 bits per heavy atom. The lowest BCUT2D eigenvalue weighted by molar-refractivity contribution is 0.184. The van der Waals surface area contributed by atoms with Crippen LogP contribution in [0.1, 0.15) is 34.2 Å². The SMILES string of the molecule is CCC=C(c1sccc1COC)c1sccc1COC. The van der Waals surface area contributed by atoms with Crippen molar-refractivity contribution in [3.05, 3.63) is 49.9 Å². The van der Waals surface area contributed by atoms with Crippen molar-refractivity contribution in [3.63, 3.8) is 0 Å². The minimum atomic E-state index is 0.658. The third-order valence-corrected chi connectivity index (χ3v) is 4.97. The minimum Gasteiger partial charge on any atom is -0.380 e. The van der Waals surface area contributed by atoms with Crippen molar-refractivity contribution in [1.82, 2.24) is 0 Å². The van der Waals surface area contributed by atoms with Crippen LogP contribution in [0.3, 0.4) is 0 Å². The fourth-order valence-corrected chi connectivity index (χ4v) is 4.16. The van der Waals surface area contributed by atoms with E-state index in [4.69, 9.17) is 9.47 Å². The van der Waals surface area contributed by atoms with Crippen molar-refractivity contribution >= 4 is 28.2 Å². The molecule has 0 aliphatic heterocycles. The normalized spacial score (nSPS) is 10.8. The summed E-state index contributed by atoms with van der Waals surface area (Å²) in [5, 5.41) is 4.27. The van der Waals surface area contributed by atoms with Gasteiger partial charge in [-0.1, -0.05) is 13.0 Å². The Balaban J connectivity index is 2.43. The van der Waals surface area contributed by atoms with Crippen molar-refractivity contribution in [1.29, 1.82) is 0 Å². The molecule has 2 nitrogen and oxygen atoms in total. The lowest BCUT2D eigenvalue weighted by Crippen LogP contribution is -1.95. The summed E-state index contributed by atoms with van der Waals surface area (Å²) in [5.74, 6) is 0. The van der Waals surface area contributed by atoms with Crippen molar-refractivity contribution in [2.24, 2.45) is 0 Å². The van der Waals surface area contributed by atoms with E-state index in [2.05, 4.69) is 35.9 Å². The molecule has 2 aromatic rings. The van der Waals surface area contributed by atoms with Crippen LogP contribution in [0.2, 0.25) is 0 Å². The molecule has 0 atom stereocenters. The van der Waals surface area contributed by atoms with Crippen molar-refractivity contribution in [2.45, 2.75) is 26.6 Å². The van der Waals surface area contributed by atoms with Crippen LogP contribution >= 0.6 is 22.7 Å². The number of ether oxygens (including phenoxy) is 2. The van der Waals surface area contributed by atoms with Crippen LogP contribution in [0, 0.1) is 0 Å². The third-order valence-electron chi connectivity index (χ3n) is 2.99. The Kier molecular flexibility index (Phi) is 5.98. The van der Waals surface area contributed by atoms with E-state index in [9.17, 15) is 0 Å². The zero-order valence-corrected chi connectivity index (χ0v) is 13.8. The number of hydrogen-bond acceptors (Lipinski definition) is 4. The van der Waals surface area contributed by atoms with Crippen LogP contribution in [0.25, 0.3) is 5.57 Å². The molecule has 0 amide bonds. The Hall–Kier alpha value is -0.940. The van der Waals surface area contributed by atoms with Gasteiger partial charge in [-0.05, 0) is 40.4 Å². The molecule has 20 heavy (non-hydrogen) atoms. The first-order valence-electron chi connectivity index (χ1n) is 6.63. The summed E-state index contributed by atoms with van der Waals surface area (Å²) in [6, 6.07) is 4.30. The average Bonchev–Trinajstić information content (AvgIpc) is 3.07. The first-order valence-corrected chi connectivity index (χ1v) is 8.39. The van der Waals surface area contributed by atoms with Gasteiger partial charge >= 0.3 is 0 Å². The van der Waals surface area contributed by atoms with Crippen LogP contribution in [0.4, 0.5) is 0 Å². The number of methoxy groups -OCH3 is 2. The summed E-state index contributed by atoms with van der Waals surface area (Å²) in [6.45, 7) is 3.49. The Morgan fingerprint density at radius 3 is 1.90 bits per heavy atom. The Morgan fingerprint density at radius 1 is 1.00 bits per heavy atom. The molecule has 0 saturated carbocycles. The second-order valence-corrected chi connectivity index (χ2v) is 6.27. The fraction of sp³-hybridized carbons (Fsp3) is 0.375. The van der Waals surface area contributed by atoms with E-state index in [0.717, 1.165) is 6.42 Å². The van der Waals surface area contributed by atoms with Crippen LogP contribution in [-0.4, -0.2) is 14.2 Å². The van der Waals surface area contributed by atoms with Gasteiger partial charge in [0.2, 0.25) is 0 Å². The largest absolute Gasteiger partial charge is 0.380 e. The van der Waals surface area contributed by atoms with Gasteiger partial charge in [0.05, 0.1) is 13.2 Å². The molecule has 0 unspecified atom stereocenters. The molecule has 0 aliphatic carbocycles. The first kappa shape index (κ1) is 15.4. The first-order chi connectivity index (χ1) is 9.81.